The quantitative estimate of drug-likeness (QED) is 0.604. The van der Waals surface area contributed by atoms with Gasteiger partial charge in [-0.25, -0.2) is 4.39 Å². The van der Waals surface area contributed by atoms with Gasteiger partial charge in [-0.1, -0.05) is 0 Å². The number of carbonyl (C=O) groups is 2. The predicted molar refractivity (Wildman–Crippen MR) is 64.3 cm³/mol. The minimum Gasteiger partial charge on any atom is -0.380 e. The highest BCUT2D eigenvalue weighted by Gasteiger charge is 2.37. The molecule has 5 heteroatoms. The minimum atomic E-state index is -0.649. The van der Waals surface area contributed by atoms with Crippen molar-refractivity contribution in [2.24, 2.45) is 0 Å². The fraction of sp³-hybridized carbons (Fsp3) is 0.385. The Balaban J connectivity index is 2.36. The number of hydrogen-bond acceptors (Lipinski definition) is 3. The summed E-state index contributed by atoms with van der Waals surface area (Å²) in [7, 11) is 0. The number of amides is 1. The van der Waals surface area contributed by atoms with Crippen LogP contribution in [0.5, 0.6) is 0 Å². The summed E-state index contributed by atoms with van der Waals surface area (Å²) in [5.41, 5.74) is 1.24. The van der Waals surface area contributed by atoms with Crippen molar-refractivity contribution in [2.45, 2.75) is 13.8 Å². The average Bonchev–Trinajstić information content (AvgIpc) is 2.55. The van der Waals surface area contributed by atoms with Gasteiger partial charge in [0.25, 0.3) is 11.7 Å². The number of ether oxygens (including phenoxy) is 1. The van der Waals surface area contributed by atoms with E-state index in [0.717, 1.165) is 6.07 Å². The van der Waals surface area contributed by atoms with E-state index in [1.54, 1.807) is 6.92 Å². The Morgan fingerprint density at radius 3 is 2.72 bits per heavy atom. The Morgan fingerprint density at radius 2 is 2.06 bits per heavy atom. The van der Waals surface area contributed by atoms with Gasteiger partial charge in [-0.2, -0.15) is 0 Å². The fourth-order valence-electron chi connectivity index (χ4n) is 2.12. The van der Waals surface area contributed by atoms with Crippen LogP contribution in [0, 0.1) is 12.7 Å². The molecule has 0 bridgehead atoms. The van der Waals surface area contributed by atoms with Gasteiger partial charge in [0.15, 0.2) is 0 Å². The van der Waals surface area contributed by atoms with Crippen molar-refractivity contribution in [2.75, 3.05) is 24.7 Å². The summed E-state index contributed by atoms with van der Waals surface area (Å²) in [5, 5.41) is 0. The lowest BCUT2D eigenvalue weighted by Gasteiger charge is -2.18. The number of fused-ring (bicyclic) bond motifs is 1. The van der Waals surface area contributed by atoms with E-state index in [0.29, 0.717) is 31.0 Å². The number of hydrogen-bond donors (Lipinski definition) is 0. The first kappa shape index (κ1) is 12.7. The van der Waals surface area contributed by atoms with Crippen molar-refractivity contribution in [1.29, 1.82) is 0 Å². The van der Waals surface area contributed by atoms with Gasteiger partial charge in [-0.15, -0.1) is 0 Å². The molecule has 1 aliphatic heterocycles. The SMILES string of the molecule is CCOCCN1C(=O)C(=O)c2cc(F)cc(C)c21. The Bertz CT molecular complexity index is 513. The summed E-state index contributed by atoms with van der Waals surface area (Å²) >= 11 is 0. The van der Waals surface area contributed by atoms with Crippen LogP contribution in [0.15, 0.2) is 12.1 Å². The van der Waals surface area contributed by atoms with Gasteiger partial charge < -0.3 is 9.64 Å². The number of ketones is 1. The lowest BCUT2D eigenvalue weighted by molar-refractivity contribution is -0.114. The number of aryl methyl sites for hydroxylation is 1. The van der Waals surface area contributed by atoms with Crippen molar-refractivity contribution in [3.05, 3.63) is 29.1 Å². The van der Waals surface area contributed by atoms with Crippen molar-refractivity contribution < 1.29 is 18.7 Å². The number of nitrogens with zero attached hydrogens (tertiary/aromatic N) is 1. The Kier molecular flexibility index (Phi) is 3.43. The van der Waals surface area contributed by atoms with E-state index in [-0.39, 0.29) is 5.56 Å². The standard InChI is InChI=1S/C13H14FNO3/c1-3-18-5-4-15-11-8(2)6-9(14)7-10(11)12(16)13(15)17/h6-7H,3-5H2,1-2H3. The highest BCUT2D eigenvalue weighted by molar-refractivity contribution is 6.52. The molecule has 0 atom stereocenters. The predicted octanol–water partition coefficient (Wildman–Crippen LogP) is 1.70. The lowest BCUT2D eigenvalue weighted by atomic mass is 10.1. The third-order valence-electron chi connectivity index (χ3n) is 2.88. The molecule has 1 aromatic carbocycles. The molecule has 2 rings (SSSR count). The molecule has 0 spiro atoms. The molecule has 0 N–H and O–H groups in total. The number of carbonyl (C=O) groups excluding carboxylic acids is 2. The zero-order valence-corrected chi connectivity index (χ0v) is 10.3. The van der Waals surface area contributed by atoms with Crippen molar-refractivity contribution in [1.82, 2.24) is 0 Å². The van der Waals surface area contributed by atoms with Crippen LogP contribution in [0.3, 0.4) is 0 Å². The van der Waals surface area contributed by atoms with E-state index in [1.165, 1.54) is 11.0 Å². The van der Waals surface area contributed by atoms with E-state index >= 15 is 0 Å². The summed E-state index contributed by atoms with van der Waals surface area (Å²) in [4.78, 5) is 24.9. The van der Waals surface area contributed by atoms with Crippen LogP contribution in [-0.4, -0.2) is 31.4 Å². The first-order valence-electron chi connectivity index (χ1n) is 5.80. The van der Waals surface area contributed by atoms with E-state index in [2.05, 4.69) is 0 Å². The molecule has 0 radical (unpaired) electrons. The molecule has 18 heavy (non-hydrogen) atoms. The van der Waals surface area contributed by atoms with Crippen LogP contribution in [0.4, 0.5) is 10.1 Å². The zero-order chi connectivity index (χ0) is 13.3. The largest absolute Gasteiger partial charge is 0.380 e. The highest BCUT2D eigenvalue weighted by atomic mass is 19.1. The number of halogens is 1. The van der Waals surface area contributed by atoms with Crippen LogP contribution < -0.4 is 4.90 Å². The lowest BCUT2D eigenvalue weighted by Crippen LogP contribution is -2.33. The molecule has 4 nitrogen and oxygen atoms in total. The maximum absolute atomic E-state index is 13.3. The molecule has 0 aliphatic carbocycles. The fourth-order valence-corrected chi connectivity index (χ4v) is 2.12. The molecule has 1 heterocycles. The van der Waals surface area contributed by atoms with Gasteiger partial charge in [0, 0.05) is 13.2 Å². The number of Topliss-reactive ketones (excluding diaryl/α,β-unsaturated/α-hetero) is 1. The maximum Gasteiger partial charge on any atom is 0.299 e. The zero-order valence-electron chi connectivity index (χ0n) is 10.3. The van der Waals surface area contributed by atoms with Gasteiger partial charge in [0.2, 0.25) is 0 Å². The van der Waals surface area contributed by atoms with Crippen molar-refractivity contribution in [3.8, 4) is 0 Å². The van der Waals surface area contributed by atoms with Crippen LogP contribution >= 0.6 is 0 Å². The van der Waals surface area contributed by atoms with Gasteiger partial charge in [0.05, 0.1) is 17.9 Å². The Hall–Kier alpha value is -1.75. The van der Waals surface area contributed by atoms with E-state index in [1.807, 2.05) is 6.92 Å². The number of rotatable bonds is 4. The first-order valence-corrected chi connectivity index (χ1v) is 5.80. The molecule has 0 saturated heterocycles. The van der Waals surface area contributed by atoms with Gasteiger partial charge >= 0.3 is 0 Å². The number of benzene rings is 1. The Morgan fingerprint density at radius 1 is 1.33 bits per heavy atom. The monoisotopic (exact) mass is 251 g/mol. The van der Waals surface area contributed by atoms with E-state index in [4.69, 9.17) is 4.74 Å². The second kappa shape index (κ2) is 4.86. The molecule has 0 unspecified atom stereocenters. The van der Waals surface area contributed by atoms with Crippen LogP contribution in [-0.2, 0) is 9.53 Å². The van der Waals surface area contributed by atoms with Crippen LogP contribution in [0.1, 0.15) is 22.8 Å². The third-order valence-corrected chi connectivity index (χ3v) is 2.88. The first-order chi connectivity index (χ1) is 8.56. The maximum atomic E-state index is 13.3. The third kappa shape index (κ3) is 2.01. The molecule has 0 saturated carbocycles. The van der Waals surface area contributed by atoms with Crippen LogP contribution in [0.2, 0.25) is 0 Å². The minimum absolute atomic E-state index is 0.147. The second-order valence-corrected chi connectivity index (χ2v) is 4.10. The topological polar surface area (TPSA) is 46.6 Å². The molecule has 0 aromatic heterocycles. The van der Waals surface area contributed by atoms with Crippen molar-refractivity contribution in [3.63, 3.8) is 0 Å². The van der Waals surface area contributed by atoms with Gasteiger partial charge in [0.1, 0.15) is 5.82 Å². The highest BCUT2D eigenvalue weighted by Crippen LogP contribution is 2.32. The van der Waals surface area contributed by atoms with Crippen molar-refractivity contribution >= 4 is 17.4 Å². The molecular weight excluding hydrogens is 237 g/mol. The van der Waals surface area contributed by atoms with E-state index in [9.17, 15) is 14.0 Å². The summed E-state index contributed by atoms with van der Waals surface area (Å²) in [6.45, 7) is 4.74. The molecule has 0 fully saturated rings. The summed E-state index contributed by atoms with van der Waals surface area (Å²) in [6, 6.07) is 2.43. The summed E-state index contributed by atoms with van der Waals surface area (Å²) in [5.74, 6) is -1.76. The molecule has 96 valence electrons. The summed E-state index contributed by atoms with van der Waals surface area (Å²) < 4.78 is 18.4. The van der Waals surface area contributed by atoms with Gasteiger partial charge in [-0.3, -0.25) is 9.59 Å². The number of anilines is 1. The normalized spacial score (nSPS) is 14.3. The average molecular weight is 251 g/mol. The smallest absolute Gasteiger partial charge is 0.299 e. The van der Waals surface area contributed by atoms with Crippen LogP contribution in [0.25, 0.3) is 0 Å². The second-order valence-electron chi connectivity index (χ2n) is 4.10. The molecule has 1 amide bonds. The molecular formula is C13H14FNO3. The molecule has 1 aliphatic rings. The molecule has 1 aromatic rings. The Labute approximate surface area is 104 Å². The summed E-state index contributed by atoms with van der Waals surface area (Å²) in [6.07, 6.45) is 0. The van der Waals surface area contributed by atoms with Gasteiger partial charge in [-0.05, 0) is 31.5 Å². The van der Waals surface area contributed by atoms with E-state index < -0.39 is 17.5 Å².